The van der Waals surface area contributed by atoms with Crippen molar-refractivity contribution in [2.24, 2.45) is 0 Å². The normalized spacial score (nSPS) is 21.4. The van der Waals surface area contributed by atoms with E-state index in [4.69, 9.17) is 9.47 Å². The summed E-state index contributed by atoms with van der Waals surface area (Å²) in [5.74, 6) is -0.124. The van der Waals surface area contributed by atoms with Gasteiger partial charge in [0.15, 0.2) is 0 Å². The van der Waals surface area contributed by atoms with Gasteiger partial charge in [-0.3, -0.25) is 4.79 Å². The lowest BCUT2D eigenvalue weighted by atomic mass is 10.3. The number of epoxide rings is 1. The molecule has 0 radical (unpaired) electrons. The van der Waals surface area contributed by atoms with E-state index < -0.39 is 0 Å². The smallest absolute Gasteiger partial charge is 0.308 e. The summed E-state index contributed by atoms with van der Waals surface area (Å²) in [5, 5.41) is 0. The highest BCUT2D eigenvalue weighted by molar-refractivity contribution is 5.70. The molecule has 0 unspecified atom stereocenters. The molecule has 0 spiro atoms. The molecule has 0 aromatic carbocycles. The van der Waals surface area contributed by atoms with Crippen LogP contribution >= 0.6 is 0 Å². The van der Waals surface area contributed by atoms with Gasteiger partial charge in [0.05, 0.1) is 25.7 Å². The van der Waals surface area contributed by atoms with Crippen LogP contribution in [0.3, 0.4) is 0 Å². The third kappa shape index (κ3) is 3.98. The highest BCUT2D eigenvalue weighted by Crippen LogP contribution is 2.13. The van der Waals surface area contributed by atoms with Crippen LogP contribution in [0.1, 0.15) is 26.2 Å². The van der Waals surface area contributed by atoms with Gasteiger partial charge < -0.3 is 9.47 Å². The van der Waals surface area contributed by atoms with Crippen LogP contribution in [0.5, 0.6) is 0 Å². The molecular weight excluding hydrogens is 144 g/mol. The zero-order valence-corrected chi connectivity index (χ0v) is 6.84. The molecule has 1 rings (SSSR count). The van der Waals surface area contributed by atoms with Crippen molar-refractivity contribution in [3.63, 3.8) is 0 Å². The van der Waals surface area contributed by atoms with Crippen LogP contribution < -0.4 is 0 Å². The minimum absolute atomic E-state index is 0.124. The number of carbonyl (C=O) groups excluding carboxylic acids is 1. The van der Waals surface area contributed by atoms with Crippen molar-refractivity contribution in [3.05, 3.63) is 0 Å². The molecule has 0 saturated carbocycles. The first-order chi connectivity index (χ1) is 5.33. The molecule has 0 aromatic heterocycles. The monoisotopic (exact) mass is 158 g/mol. The van der Waals surface area contributed by atoms with Gasteiger partial charge in [-0.15, -0.1) is 0 Å². The van der Waals surface area contributed by atoms with Crippen LogP contribution in [0.15, 0.2) is 0 Å². The number of hydrogen-bond acceptors (Lipinski definition) is 3. The molecule has 1 atom stereocenters. The van der Waals surface area contributed by atoms with E-state index in [1.165, 1.54) is 0 Å². The largest absolute Gasteiger partial charge is 0.466 e. The van der Waals surface area contributed by atoms with E-state index in [1.54, 1.807) is 0 Å². The summed E-state index contributed by atoms with van der Waals surface area (Å²) in [6.45, 7) is 3.35. The molecule has 1 heterocycles. The Bertz CT molecular complexity index is 129. The summed E-state index contributed by atoms with van der Waals surface area (Å²) in [4.78, 5) is 10.9. The summed E-state index contributed by atoms with van der Waals surface area (Å²) >= 11 is 0. The molecule has 1 aliphatic heterocycles. The quantitative estimate of drug-likeness (QED) is 0.342. The van der Waals surface area contributed by atoms with Crippen LogP contribution in [0.25, 0.3) is 0 Å². The lowest BCUT2D eigenvalue weighted by Crippen LogP contribution is -2.08. The van der Waals surface area contributed by atoms with E-state index in [-0.39, 0.29) is 12.1 Å². The Morgan fingerprint density at radius 1 is 1.73 bits per heavy atom. The average Bonchev–Trinajstić information content (AvgIpc) is 2.72. The van der Waals surface area contributed by atoms with Crippen LogP contribution in [0.2, 0.25) is 0 Å². The summed E-state index contributed by atoms with van der Waals surface area (Å²) in [5.41, 5.74) is 0. The second-order valence-electron chi connectivity index (χ2n) is 2.73. The minimum Gasteiger partial charge on any atom is -0.466 e. The van der Waals surface area contributed by atoms with E-state index in [1.807, 2.05) is 0 Å². The maximum atomic E-state index is 10.9. The molecule has 0 N–H and O–H groups in total. The van der Waals surface area contributed by atoms with Gasteiger partial charge in [0.2, 0.25) is 0 Å². The van der Waals surface area contributed by atoms with Crippen molar-refractivity contribution in [3.8, 4) is 0 Å². The molecule has 3 nitrogen and oxygen atoms in total. The highest BCUT2D eigenvalue weighted by Gasteiger charge is 2.26. The van der Waals surface area contributed by atoms with Crippen molar-refractivity contribution >= 4 is 5.97 Å². The van der Waals surface area contributed by atoms with Gasteiger partial charge in [0, 0.05) is 0 Å². The average molecular weight is 158 g/mol. The Hall–Kier alpha value is -0.570. The Balaban J connectivity index is 1.92. The van der Waals surface area contributed by atoms with Crippen LogP contribution in [-0.4, -0.2) is 25.3 Å². The maximum Gasteiger partial charge on any atom is 0.308 e. The van der Waals surface area contributed by atoms with E-state index in [0.29, 0.717) is 13.0 Å². The Labute approximate surface area is 66.7 Å². The van der Waals surface area contributed by atoms with Crippen LogP contribution in [-0.2, 0) is 14.3 Å². The molecule has 1 saturated heterocycles. The summed E-state index contributed by atoms with van der Waals surface area (Å²) in [6.07, 6.45) is 2.61. The van der Waals surface area contributed by atoms with Gasteiger partial charge in [0.1, 0.15) is 0 Å². The summed E-state index contributed by atoms with van der Waals surface area (Å²) < 4.78 is 9.80. The fourth-order valence-corrected chi connectivity index (χ4v) is 0.761. The summed E-state index contributed by atoms with van der Waals surface area (Å²) in [6, 6.07) is 0. The van der Waals surface area contributed by atoms with E-state index in [2.05, 4.69) is 6.92 Å². The lowest BCUT2D eigenvalue weighted by molar-refractivity contribution is -0.144. The van der Waals surface area contributed by atoms with Gasteiger partial charge in [-0.2, -0.15) is 0 Å². The second kappa shape index (κ2) is 4.34. The fourth-order valence-electron chi connectivity index (χ4n) is 0.761. The van der Waals surface area contributed by atoms with E-state index in [9.17, 15) is 4.79 Å². The lowest BCUT2D eigenvalue weighted by Gasteiger charge is -2.00. The predicted molar refractivity (Wildman–Crippen MR) is 40.2 cm³/mol. The van der Waals surface area contributed by atoms with Crippen molar-refractivity contribution in [1.82, 2.24) is 0 Å². The molecule has 0 bridgehead atoms. The van der Waals surface area contributed by atoms with Crippen molar-refractivity contribution in [1.29, 1.82) is 0 Å². The molecule has 64 valence electrons. The van der Waals surface area contributed by atoms with Crippen LogP contribution in [0.4, 0.5) is 0 Å². The maximum absolute atomic E-state index is 10.9. The van der Waals surface area contributed by atoms with Gasteiger partial charge in [-0.1, -0.05) is 13.3 Å². The predicted octanol–water partition coefficient (Wildman–Crippen LogP) is 1.12. The van der Waals surface area contributed by atoms with Crippen LogP contribution in [0, 0.1) is 0 Å². The Morgan fingerprint density at radius 2 is 2.45 bits per heavy atom. The Morgan fingerprint density at radius 3 is 3.00 bits per heavy atom. The second-order valence-corrected chi connectivity index (χ2v) is 2.73. The molecule has 1 fully saturated rings. The highest BCUT2D eigenvalue weighted by atomic mass is 16.6. The zero-order chi connectivity index (χ0) is 8.10. The standard InChI is InChI=1S/C8H14O3/c1-2-3-4-10-8(9)5-7-6-11-7/h7H,2-6H2,1H3/t7-/m0/s1. The number of hydrogen-bond donors (Lipinski definition) is 0. The molecular formula is C8H14O3. The number of unbranched alkanes of at least 4 members (excludes halogenated alkanes) is 1. The first kappa shape index (κ1) is 8.53. The zero-order valence-electron chi connectivity index (χ0n) is 6.84. The molecule has 0 amide bonds. The number of rotatable bonds is 5. The van der Waals surface area contributed by atoms with E-state index in [0.717, 1.165) is 19.4 Å². The molecule has 11 heavy (non-hydrogen) atoms. The van der Waals surface area contributed by atoms with Gasteiger partial charge in [-0.05, 0) is 6.42 Å². The number of carbonyl (C=O) groups is 1. The molecule has 0 aliphatic carbocycles. The van der Waals surface area contributed by atoms with Gasteiger partial charge >= 0.3 is 5.97 Å². The third-order valence-electron chi connectivity index (χ3n) is 1.56. The van der Waals surface area contributed by atoms with Crippen molar-refractivity contribution in [2.75, 3.05) is 13.2 Å². The fraction of sp³-hybridized carbons (Fsp3) is 0.875. The summed E-state index contributed by atoms with van der Waals surface area (Å²) in [7, 11) is 0. The van der Waals surface area contributed by atoms with E-state index >= 15 is 0 Å². The number of ether oxygens (including phenoxy) is 2. The first-order valence-corrected chi connectivity index (χ1v) is 4.10. The molecule has 1 aliphatic rings. The van der Waals surface area contributed by atoms with Crippen molar-refractivity contribution < 1.29 is 14.3 Å². The Kier molecular flexibility index (Phi) is 3.36. The SMILES string of the molecule is CCCCOC(=O)C[C@H]1CO1. The van der Waals surface area contributed by atoms with Crippen molar-refractivity contribution in [2.45, 2.75) is 32.3 Å². The first-order valence-electron chi connectivity index (χ1n) is 4.10. The minimum atomic E-state index is -0.124. The van der Waals surface area contributed by atoms with Gasteiger partial charge in [-0.25, -0.2) is 0 Å². The number of esters is 1. The molecule has 0 aromatic rings. The molecule has 3 heteroatoms. The van der Waals surface area contributed by atoms with Gasteiger partial charge in [0.25, 0.3) is 0 Å². The topological polar surface area (TPSA) is 38.8 Å². The third-order valence-corrected chi connectivity index (χ3v) is 1.56.